The molecule has 0 aliphatic heterocycles. The summed E-state index contributed by atoms with van der Waals surface area (Å²) in [5.41, 5.74) is -1.42. The highest BCUT2D eigenvalue weighted by atomic mass is 28.4. The molecule has 0 bridgehead atoms. The van der Waals surface area contributed by atoms with E-state index < -0.39 is 26.0 Å². The van der Waals surface area contributed by atoms with Gasteiger partial charge in [-0.05, 0) is 18.1 Å². The van der Waals surface area contributed by atoms with Gasteiger partial charge >= 0.3 is 12.1 Å². The number of hydrogen-bond donors (Lipinski definition) is 0. The van der Waals surface area contributed by atoms with E-state index in [1.165, 1.54) is 0 Å². The highest BCUT2D eigenvalue weighted by molar-refractivity contribution is 6.75. The standard InChI is InChI=1S/C10H17F3O2Si/c1-5-16(6-2,7-3)15-9(14)8(4)10(11,12)13/h4-7H2,1-3H3. The SMILES string of the molecule is C=C(C(=O)O[Si](CC)(CC)CC)C(F)(F)F. The highest BCUT2D eigenvalue weighted by Gasteiger charge is 2.41. The first-order valence-electron chi connectivity index (χ1n) is 5.21. The van der Waals surface area contributed by atoms with E-state index in [4.69, 9.17) is 4.43 Å². The third-order valence-corrected chi connectivity index (χ3v) is 7.32. The lowest BCUT2D eigenvalue weighted by Gasteiger charge is -2.28. The largest absolute Gasteiger partial charge is 0.516 e. The summed E-state index contributed by atoms with van der Waals surface area (Å²) in [4.78, 5) is 11.3. The van der Waals surface area contributed by atoms with Crippen LogP contribution in [0.2, 0.25) is 18.1 Å². The summed E-state index contributed by atoms with van der Waals surface area (Å²) in [7, 11) is -2.33. The zero-order valence-corrected chi connectivity index (χ0v) is 10.8. The first kappa shape index (κ1) is 15.2. The number of carbonyl (C=O) groups excluding carboxylic acids is 1. The minimum Gasteiger partial charge on any atom is -0.516 e. The monoisotopic (exact) mass is 254 g/mol. The van der Waals surface area contributed by atoms with Crippen molar-refractivity contribution >= 4 is 14.3 Å². The molecule has 0 aromatic rings. The maximum atomic E-state index is 12.2. The lowest BCUT2D eigenvalue weighted by molar-refractivity contribution is -0.143. The van der Waals surface area contributed by atoms with Gasteiger partial charge in [-0.1, -0.05) is 27.4 Å². The average Bonchev–Trinajstić information content (AvgIpc) is 2.23. The molecular formula is C10H17F3O2Si. The van der Waals surface area contributed by atoms with Crippen LogP contribution in [0.15, 0.2) is 12.2 Å². The van der Waals surface area contributed by atoms with Crippen LogP contribution in [-0.4, -0.2) is 20.5 Å². The van der Waals surface area contributed by atoms with Gasteiger partial charge in [0.1, 0.15) is 5.57 Å². The third-order valence-electron chi connectivity index (χ3n) is 2.83. The zero-order valence-electron chi connectivity index (χ0n) is 9.78. The van der Waals surface area contributed by atoms with E-state index in [9.17, 15) is 18.0 Å². The molecule has 0 radical (unpaired) electrons. The van der Waals surface area contributed by atoms with Gasteiger partial charge in [0.05, 0.1) is 0 Å². The van der Waals surface area contributed by atoms with Gasteiger partial charge < -0.3 is 4.43 Å². The van der Waals surface area contributed by atoms with Crippen molar-refractivity contribution in [3.8, 4) is 0 Å². The lowest BCUT2D eigenvalue weighted by Crippen LogP contribution is -2.40. The molecule has 0 rings (SSSR count). The molecular weight excluding hydrogens is 237 g/mol. The summed E-state index contributed by atoms with van der Waals surface area (Å²) in [5.74, 6) is -1.32. The molecule has 0 saturated heterocycles. The van der Waals surface area contributed by atoms with E-state index in [2.05, 4.69) is 6.58 Å². The van der Waals surface area contributed by atoms with Gasteiger partial charge in [0.15, 0.2) is 0 Å². The molecule has 94 valence electrons. The number of hydrogen-bond acceptors (Lipinski definition) is 2. The second kappa shape index (κ2) is 5.52. The van der Waals surface area contributed by atoms with E-state index in [0.717, 1.165) is 0 Å². The zero-order chi connectivity index (χ0) is 13.0. The van der Waals surface area contributed by atoms with Crippen molar-refractivity contribution in [1.82, 2.24) is 0 Å². The summed E-state index contributed by atoms with van der Waals surface area (Å²) < 4.78 is 41.7. The van der Waals surface area contributed by atoms with Crippen LogP contribution >= 0.6 is 0 Å². The van der Waals surface area contributed by atoms with Crippen molar-refractivity contribution in [3.63, 3.8) is 0 Å². The van der Waals surface area contributed by atoms with Crippen molar-refractivity contribution in [2.75, 3.05) is 0 Å². The van der Waals surface area contributed by atoms with Gasteiger partial charge in [-0.3, -0.25) is 0 Å². The van der Waals surface area contributed by atoms with Gasteiger partial charge in [0.2, 0.25) is 0 Å². The molecule has 0 aromatic carbocycles. The predicted octanol–water partition coefficient (Wildman–Crippen LogP) is 3.65. The highest BCUT2D eigenvalue weighted by Crippen LogP contribution is 2.28. The Kier molecular flexibility index (Phi) is 5.25. The molecule has 0 unspecified atom stereocenters. The third kappa shape index (κ3) is 3.66. The Bertz CT molecular complexity index is 261. The summed E-state index contributed by atoms with van der Waals surface area (Å²) in [6.07, 6.45) is -4.70. The number of alkyl halides is 3. The summed E-state index contributed by atoms with van der Waals surface area (Å²) in [5, 5.41) is 0. The van der Waals surface area contributed by atoms with Crippen LogP contribution in [-0.2, 0) is 9.22 Å². The lowest BCUT2D eigenvalue weighted by atomic mass is 10.3. The van der Waals surface area contributed by atoms with Crippen molar-refractivity contribution in [1.29, 1.82) is 0 Å². The molecule has 0 saturated carbocycles. The molecule has 0 amide bonds. The number of rotatable bonds is 5. The van der Waals surface area contributed by atoms with Crippen LogP contribution in [0.3, 0.4) is 0 Å². The molecule has 0 aliphatic rings. The normalized spacial score (nSPS) is 12.4. The van der Waals surface area contributed by atoms with E-state index >= 15 is 0 Å². The van der Waals surface area contributed by atoms with Gasteiger partial charge in [-0.15, -0.1) is 0 Å². The molecule has 0 atom stereocenters. The van der Waals surface area contributed by atoms with Crippen LogP contribution in [0.25, 0.3) is 0 Å². The van der Waals surface area contributed by atoms with Crippen molar-refractivity contribution in [2.24, 2.45) is 0 Å². The quantitative estimate of drug-likeness (QED) is 0.553. The Morgan fingerprint density at radius 1 is 1.19 bits per heavy atom. The Labute approximate surface area is 94.6 Å². The molecule has 0 aromatic heterocycles. The van der Waals surface area contributed by atoms with Crippen LogP contribution in [0, 0.1) is 0 Å². The van der Waals surface area contributed by atoms with Crippen LogP contribution in [0.1, 0.15) is 20.8 Å². The summed E-state index contributed by atoms with van der Waals surface area (Å²) >= 11 is 0. The van der Waals surface area contributed by atoms with Crippen LogP contribution < -0.4 is 0 Å². The van der Waals surface area contributed by atoms with Gasteiger partial charge in [-0.2, -0.15) is 13.2 Å². The Morgan fingerprint density at radius 2 is 1.56 bits per heavy atom. The average molecular weight is 254 g/mol. The number of halogens is 3. The van der Waals surface area contributed by atoms with Gasteiger partial charge in [-0.25, -0.2) is 4.79 Å². The maximum absolute atomic E-state index is 12.2. The van der Waals surface area contributed by atoms with Crippen molar-refractivity contribution < 1.29 is 22.4 Å². The fourth-order valence-electron chi connectivity index (χ4n) is 1.34. The molecule has 0 N–H and O–H groups in total. The Morgan fingerprint density at radius 3 is 1.81 bits per heavy atom. The summed E-state index contributed by atoms with van der Waals surface area (Å²) in [6, 6.07) is 1.87. The fraction of sp³-hybridized carbons (Fsp3) is 0.700. The smallest absolute Gasteiger partial charge is 0.422 e. The number of carbonyl (C=O) groups is 1. The maximum Gasteiger partial charge on any atom is 0.422 e. The molecule has 16 heavy (non-hydrogen) atoms. The minimum absolute atomic E-state index is 0.622. The molecule has 6 heteroatoms. The van der Waals surface area contributed by atoms with Gasteiger partial charge in [0.25, 0.3) is 8.32 Å². The van der Waals surface area contributed by atoms with Crippen molar-refractivity contribution in [3.05, 3.63) is 12.2 Å². The second-order valence-corrected chi connectivity index (χ2v) is 8.30. The molecule has 0 fully saturated rings. The topological polar surface area (TPSA) is 26.3 Å². The van der Waals surface area contributed by atoms with Gasteiger partial charge in [0, 0.05) is 0 Å². The van der Waals surface area contributed by atoms with Crippen LogP contribution in [0.5, 0.6) is 0 Å². The molecule has 0 heterocycles. The molecule has 0 aliphatic carbocycles. The van der Waals surface area contributed by atoms with E-state index in [1.54, 1.807) is 0 Å². The van der Waals surface area contributed by atoms with Crippen molar-refractivity contribution in [2.45, 2.75) is 45.1 Å². The second-order valence-electron chi connectivity index (χ2n) is 3.61. The van der Waals surface area contributed by atoms with E-state index in [-0.39, 0.29) is 0 Å². The Balaban J connectivity index is 4.73. The summed E-state index contributed by atoms with van der Waals surface area (Å²) in [6.45, 7) is 8.24. The Hall–Kier alpha value is -0.783. The van der Waals surface area contributed by atoms with E-state index in [1.807, 2.05) is 20.8 Å². The molecule has 2 nitrogen and oxygen atoms in total. The predicted molar refractivity (Wildman–Crippen MR) is 58.5 cm³/mol. The minimum atomic E-state index is -4.70. The van der Waals surface area contributed by atoms with Crippen LogP contribution in [0.4, 0.5) is 13.2 Å². The first-order valence-corrected chi connectivity index (χ1v) is 7.74. The first-order chi connectivity index (χ1) is 7.22. The molecule has 0 spiro atoms. The fourth-order valence-corrected chi connectivity index (χ4v) is 3.79. The van der Waals surface area contributed by atoms with E-state index in [0.29, 0.717) is 18.1 Å².